The quantitative estimate of drug-likeness (QED) is 0.784. The molecule has 0 aliphatic heterocycles. The molecule has 2 aromatic heterocycles. The normalized spacial score (nSPS) is 12.3. The molecule has 4 nitrogen and oxygen atoms in total. The Morgan fingerprint density at radius 3 is 2.62 bits per heavy atom. The molecule has 0 saturated heterocycles. The molecule has 24 heavy (non-hydrogen) atoms. The minimum Gasteiger partial charge on any atom is -0.464 e. The number of rotatable bonds is 4. The fraction of sp³-hybridized carbons (Fsp3) is 0.300. The van der Waals surface area contributed by atoms with Gasteiger partial charge in [-0.3, -0.25) is 9.78 Å². The molecule has 1 amide bonds. The lowest BCUT2D eigenvalue weighted by Crippen LogP contribution is -2.28. The van der Waals surface area contributed by atoms with Crippen molar-refractivity contribution in [1.29, 1.82) is 0 Å². The third-order valence-corrected chi connectivity index (χ3v) is 4.39. The van der Waals surface area contributed by atoms with Gasteiger partial charge in [0.05, 0.1) is 18.0 Å². The largest absolute Gasteiger partial charge is 0.464 e. The Morgan fingerprint density at radius 1 is 1.17 bits per heavy atom. The lowest BCUT2D eigenvalue weighted by Gasteiger charge is -2.15. The molecule has 1 N–H and O–H groups in total. The lowest BCUT2D eigenvalue weighted by molar-refractivity contribution is -0.121. The van der Waals surface area contributed by atoms with E-state index in [-0.39, 0.29) is 11.9 Å². The summed E-state index contributed by atoms with van der Waals surface area (Å²) in [5.41, 5.74) is 3.99. The second-order valence-corrected chi connectivity index (χ2v) is 6.23. The Kier molecular flexibility index (Phi) is 4.38. The molecule has 124 valence electrons. The first kappa shape index (κ1) is 16.2. The van der Waals surface area contributed by atoms with Gasteiger partial charge in [0.2, 0.25) is 5.91 Å². The Morgan fingerprint density at radius 2 is 1.92 bits per heavy atom. The van der Waals surface area contributed by atoms with E-state index in [0.29, 0.717) is 6.42 Å². The first-order valence-electron chi connectivity index (χ1n) is 8.16. The van der Waals surface area contributed by atoms with E-state index in [1.807, 2.05) is 57.2 Å². The molecule has 4 heteroatoms. The minimum atomic E-state index is -0.153. The summed E-state index contributed by atoms with van der Waals surface area (Å²) in [4.78, 5) is 17.1. The number of hydrogen-bond donors (Lipinski definition) is 1. The van der Waals surface area contributed by atoms with Crippen LogP contribution in [0.1, 0.15) is 41.3 Å². The van der Waals surface area contributed by atoms with E-state index in [4.69, 9.17) is 4.42 Å². The van der Waals surface area contributed by atoms with Crippen LogP contribution >= 0.6 is 0 Å². The van der Waals surface area contributed by atoms with Crippen LogP contribution in [0.5, 0.6) is 0 Å². The van der Waals surface area contributed by atoms with Crippen LogP contribution in [0.2, 0.25) is 0 Å². The Labute approximate surface area is 141 Å². The van der Waals surface area contributed by atoms with Crippen LogP contribution in [0.15, 0.2) is 40.8 Å². The van der Waals surface area contributed by atoms with Gasteiger partial charge in [-0.2, -0.15) is 0 Å². The van der Waals surface area contributed by atoms with Gasteiger partial charge < -0.3 is 9.73 Å². The van der Waals surface area contributed by atoms with E-state index in [2.05, 4.69) is 17.2 Å². The molecule has 3 rings (SSSR count). The maximum atomic E-state index is 12.5. The molecular weight excluding hydrogens is 300 g/mol. The summed E-state index contributed by atoms with van der Waals surface area (Å²) in [6.07, 6.45) is 0.319. The molecule has 0 saturated carbocycles. The van der Waals surface area contributed by atoms with Crippen LogP contribution in [-0.4, -0.2) is 10.9 Å². The van der Waals surface area contributed by atoms with Crippen LogP contribution in [0, 0.1) is 20.8 Å². The van der Waals surface area contributed by atoms with Crippen LogP contribution in [0.3, 0.4) is 0 Å². The van der Waals surface area contributed by atoms with E-state index in [9.17, 15) is 4.79 Å². The SMILES string of the molecule is Cc1ccc(C(C)NC(=O)Cc2c(C)nc3ccccc3c2C)o1. The van der Waals surface area contributed by atoms with E-state index >= 15 is 0 Å². The van der Waals surface area contributed by atoms with E-state index < -0.39 is 0 Å². The number of benzene rings is 1. The van der Waals surface area contributed by atoms with Gasteiger partial charge in [0.25, 0.3) is 0 Å². The number of pyridine rings is 1. The van der Waals surface area contributed by atoms with Crippen molar-refractivity contribution in [2.24, 2.45) is 0 Å². The topological polar surface area (TPSA) is 55.1 Å². The predicted molar refractivity (Wildman–Crippen MR) is 94.9 cm³/mol. The zero-order valence-electron chi connectivity index (χ0n) is 14.5. The average molecular weight is 322 g/mol. The molecule has 3 aromatic rings. The second-order valence-electron chi connectivity index (χ2n) is 6.23. The van der Waals surface area contributed by atoms with E-state index in [0.717, 1.165) is 39.2 Å². The number of furan rings is 1. The minimum absolute atomic E-state index is 0.0279. The Hall–Kier alpha value is -2.62. The summed E-state index contributed by atoms with van der Waals surface area (Å²) < 4.78 is 5.57. The van der Waals surface area contributed by atoms with Crippen molar-refractivity contribution >= 4 is 16.8 Å². The van der Waals surface area contributed by atoms with Gasteiger partial charge in [0, 0.05) is 11.1 Å². The molecular formula is C20H22N2O2. The summed E-state index contributed by atoms with van der Waals surface area (Å²) >= 11 is 0. The molecule has 1 atom stereocenters. The van der Waals surface area contributed by atoms with Crippen LogP contribution < -0.4 is 5.32 Å². The number of amides is 1. The molecule has 0 spiro atoms. The van der Waals surface area contributed by atoms with Gasteiger partial charge in [-0.25, -0.2) is 0 Å². The third-order valence-electron chi connectivity index (χ3n) is 4.39. The summed E-state index contributed by atoms with van der Waals surface area (Å²) in [6, 6.07) is 11.7. The summed E-state index contributed by atoms with van der Waals surface area (Å²) in [5.74, 6) is 1.59. The smallest absolute Gasteiger partial charge is 0.225 e. The third kappa shape index (κ3) is 3.18. The fourth-order valence-corrected chi connectivity index (χ4v) is 3.04. The number of aryl methyl sites for hydroxylation is 3. The lowest BCUT2D eigenvalue weighted by atomic mass is 9.99. The van der Waals surface area contributed by atoms with E-state index in [1.165, 1.54) is 0 Å². The number of aromatic nitrogens is 1. The average Bonchev–Trinajstić information content (AvgIpc) is 2.98. The molecule has 1 aromatic carbocycles. The van der Waals surface area contributed by atoms with Gasteiger partial charge in [0.15, 0.2) is 0 Å². The van der Waals surface area contributed by atoms with Gasteiger partial charge in [-0.1, -0.05) is 18.2 Å². The highest BCUT2D eigenvalue weighted by Gasteiger charge is 2.16. The first-order valence-corrected chi connectivity index (χ1v) is 8.16. The number of carbonyl (C=O) groups excluding carboxylic acids is 1. The van der Waals surface area contributed by atoms with Crippen molar-refractivity contribution in [1.82, 2.24) is 10.3 Å². The van der Waals surface area contributed by atoms with Crippen molar-refractivity contribution < 1.29 is 9.21 Å². The van der Waals surface area contributed by atoms with Gasteiger partial charge in [-0.05, 0) is 57.0 Å². The van der Waals surface area contributed by atoms with Gasteiger partial charge in [-0.15, -0.1) is 0 Å². The number of hydrogen-bond acceptors (Lipinski definition) is 3. The zero-order chi connectivity index (χ0) is 17.3. The van der Waals surface area contributed by atoms with Crippen LogP contribution in [0.25, 0.3) is 10.9 Å². The molecule has 1 unspecified atom stereocenters. The fourth-order valence-electron chi connectivity index (χ4n) is 3.04. The standard InChI is InChI=1S/C20H22N2O2/c1-12-9-10-19(24-12)15(4)22-20(23)11-17-13(2)16-7-5-6-8-18(16)21-14(17)3/h5-10,15H,11H2,1-4H3,(H,22,23). The van der Waals surface area contributed by atoms with Crippen molar-refractivity contribution in [2.75, 3.05) is 0 Å². The Balaban J connectivity index is 1.80. The molecule has 0 aliphatic carbocycles. The first-order chi connectivity index (χ1) is 11.5. The van der Waals surface area contributed by atoms with E-state index in [1.54, 1.807) is 0 Å². The maximum absolute atomic E-state index is 12.5. The number of fused-ring (bicyclic) bond motifs is 1. The molecule has 0 aliphatic rings. The Bertz CT molecular complexity index is 896. The number of para-hydroxylation sites is 1. The molecule has 0 radical (unpaired) electrons. The number of carbonyl (C=O) groups is 1. The van der Waals surface area contributed by atoms with Gasteiger partial charge >= 0.3 is 0 Å². The van der Waals surface area contributed by atoms with Crippen molar-refractivity contribution in [3.63, 3.8) is 0 Å². The number of nitrogens with one attached hydrogen (secondary N) is 1. The van der Waals surface area contributed by atoms with Crippen molar-refractivity contribution in [2.45, 2.75) is 40.2 Å². The monoisotopic (exact) mass is 322 g/mol. The summed E-state index contributed by atoms with van der Waals surface area (Å²) in [6.45, 7) is 7.83. The summed E-state index contributed by atoms with van der Waals surface area (Å²) in [5, 5.41) is 4.10. The molecule has 0 fully saturated rings. The highest BCUT2D eigenvalue weighted by Crippen LogP contribution is 2.23. The summed E-state index contributed by atoms with van der Waals surface area (Å²) in [7, 11) is 0. The van der Waals surface area contributed by atoms with Crippen molar-refractivity contribution in [3.8, 4) is 0 Å². The van der Waals surface area contributed by atoms with Gasteiger partial charge in [0.1, 0.15) is 11.5 Å². The maximum Gasteiger partial charge on any atom is 0.225 e. The highest BCUT2D eigenvalue weighted by atomic mass is 16.3. The van der Waals surface area contributed by atoms with Crippen LogP contribution in [-0.2, 0) is 11.2 Å². The molecule has 2 heterocycles. The highest BCUT2D eigenvalue weighted by molar-refractivity contribution is 5.86. The van der Waals surface area contributed by atoms with Crippen LogP contribution in [0.4, 0.5) is 0 Å². The van der Waals surface area contributed by atoms with Crippen molar-refractivity contribution in [3.05, 3.63) is 64.7 Å². The second kappa shape index (κ2) is 6.48. The number of nitrogens with zero attached hydrogens (tertiary/aromatic N) is 1. The predicted octanol–water partition coefficient (Wildman–Crippen LogP) is 4.17. The zero-order valence-corrected chi connectivity index (χ0v) is 14.5. The molecule has 0 bridgehead atoms.